The molecular formula is C18H16N6S2. The molecule has 2 aromatic rings. The van der Waals surface area contributed by atoms with Crippen LogP contribution >= 0.6 is 23.5 Å². The van der Waals surface area contributed by atoms with E-state index in [0.717, 1.165) is 23.5 Å². The van der Waals surface area contributed by atoms with Crippen LogP contribution in [0.1, 0.15) is 0 Å². The summed E-state index contributed by atoms with van der Waals surface area (Å²) in [6.07, 6.45) is 0. The molecule has 0 aliphatic heterocycles. The van der Waals surface area contributed by atoms with Crippen molar-refractivity contribution < 1.29 is 0 Å². The van der Waals surface area contributed by atoms with Crippen LogP contribution in [0.3, 0.4) is 0 Å². The second kappa shape index (κ2) is 8.95. The number of nitrogens with zero attached hydrogens (tertiary/aromatic N) is 2. The van der Waals surface area contributed by atoms with E-state index in [1.807, 2.05) is 12.1 Å². The van der Waals surface area contributed by atoms with E-state index < -0.39 is 11.8 Å². The van der Waals surface area contributed by atoms with Crippen molar-refractivity contribution in [3.05, 3.63) is 48.5 Å². The molecule has 2 unspecified atom stereocenters. The van der Waals surface area contributed by atoms with Crippen LogP contribution in [0.25, 0.3) is 0 Å². The van der Waals surface area contributed by atoms with Gasteiger partial charge in [-0.2, -0.15) is 10.5 Å². The summed E-state index contributed by atoms with van der Waals surface area (Å²) in [5.74, 6) is -2.07. The van der Waals surface area contributed by atoms with Crippen LogP contribution in [0, 0.1) is 45.3 Å². The number of nitriles is 2. The van der Waals surface area contributed by atoms with Crippen LogP contribution in [0.4, 0.5) is 11.4 Å². The van der Waals surface area contributed by atoms with E-state index in [9.17, 15) is 10.5 Å². The lowest BCUT2D eigenvalue weighted by Gasteiger charge is -2.17. The summed E-state index contributed by atoms with van der Waals surface area (Å²) < 4.78 is 0. The highest BCUT2D eigenvalue weighted by atomic mass is 32.2. The lowest BCUT2D eigenvalue weighted by atomic mass is 9.97. The first-order valence-corrected chi connectivity index (χ1v) is 9.10. The quantitative estimate of drug-likeness (QED) is 0.267. The van der Waals surface area contributed by atoms with Gasteiger partial charge in [0.2, 0.25) is 0 Å². The molecule has 0 aliphatic rings. The number of benzene rings is 2. The zero-order chi connectivity index (χ0) is 19.1. The van der Waals surface area contributed by atoms with Gasteiger partial charge >= 0.3 is 0 Å². The maximum atomic E-state index is 9.48. The Morgan fingerprint density at radius 2 is 1.19 bits per heavy atom. The lowest BCUT2D eigenvalue weighted by molar-refractivity contribution is 0.787. The van der Waals surface area contributed by atoms with Gasteiger partial charge in [0.05, 0.1) is 22.2 Å². The minimum atomic E-state index is -1.03. The highest BCUT2D eigenvalue weighted by molar-refractivity contribution is 8.14. The van der Waals surface area contributed by atoms with Gasteiger partial charge < -0.3 is 11.5 Å². The van der Waals surface area contributed by atoms with Crippen molar-refractivity contribution in [2.75, 3.05) is 11.5 Å². The Labute approximate surface area is 160 Å². The van der Waals surface area contributed by atoms with Crippen LogP contribution in [0.5, 0.6) is 0 Å². The lowest BCUT2D eigenvalue weighted by Crippen LogP contribution is -2.24. The fourth-order valence-corrected chi connectivity index (χ4v) is 3.93. The topological polar surface area (TPSA) is 147 Å². The highest BCUT2D eigenvalue weighted by Gasteiger charge is 2.30. The van der Waals surface area contributed by atoms with Crippen LogP contribution in [0.2, 0.25) is 0 Å². The van der Waals surface area contributed by atoms with Crippen molar-refractivity contribution in [1.82, 2.24) is 0 Å². The molecule has 26 heavy (non-hydrogen) atoms. The highest BCUT2D eigenvalue weighted by Crippen LogP contribution is 2.32. The molecular weight excluding hydrogens is 364 g/mol. The van der Waals surface area contributed by atoms with E-state index in [-0.39, 0.29) is 10.1 Å². The SMILES string of the molecule is N#CC(C(=N)Sc1cccc(N)c1)C(C#N)C(=N)Sc1cccc(N)c1. The molecule has 0 spiro atoms. The molecule has 2 aromatic carbocycles. The van der Waals surface area contributed by atoms with E-state index in [1.54, 1.807) is 48.5 Å². The molecule has 0 fully saturated rings. The van der Waals surface area contributed by atoms with Gasteiger partial charge in [-0.05, 0) is 36.4 Å². The average Bonchev–Trinajstić information content (AvgIpc) is 2.59. The summed E-state index contributed by atoms with van der Waals surface area (Å²) in [5, 5.41) is 35.4. The standard InChI is InChI=1S/C18H16N6S2/c19-9-15(17(23)25-13-5-1-3-11(21)7-13)16(10-20)18(24)26-14-6-2-4-12(22)8-14/h1-8,15-16,23-24H,21-22H2. The third kappa shape index (κ3) is 5.03. The second-order valence-electron chi connectivity index (χ2n) is 5.29. The molecule has 0 amide bonds. The Hall–Kier alpha value is -2.94. The molecule has 130 valence electrons. The van der Waals surface area contributed by atoms with Gasteiger partial charge in [-0.3, -0.25) is 10.8 Å². The summed E-state index contributed by atoms with van der Waals surface area (Å²) >= 11 is 2.13. The Balaban J connectivity index is 2.14. The molecule has 2 atom stereocenters. The number of nitrogen functional groups attached to an aromatic ring is 2. The Kier molecular flexibility index (Phi) is 6.67. The molecule has 0 bridgehead atoms. The molecule has 0 aromatic heterocycles. The maximum absolute atomic E-state index is 9.48. The average molecular weight is 381 g/mol. The molecule has 0 aliphatic carbocycles. The summed E-state index contributed by atoms with van der Waals surface area (Å²) in [6.45, 7) is 0. The van der Waals surface area contributed by atoms with E-state index in [0.29, 0.717) is 21.2 Å². The van der Waals surface area contributed by atoms with Crippen molar-refractivity contribution in [1.29, 1.82) is 21.3 Å². The summed E-state index contributed by atoms with van der Waals surface area (Å²) in [5.41, 5.74) is 12.6. The van der Waals surface area contributed by atoms with Gasteiger partial charge in [0.1, 0.15) is 11.8 Å². The summed E-state index contributed by atoms with van der Waals surface area (Å²) in [7, 11) is 0. The number of anilines is 2. The predicted molar refractivity (Wildman–Crippen MR) is 107 cm³/mol. The third-order valence-electron chi connectivity index (χ3n) is 3.35. The predicted octanol–water partition coefficient (Wildman–Crippen LogP) is 3.97. The largest absolute Gasteiger partial charge is 0.399 e. The molecule has 8 heteroatoms. The number of thioether (sulfide) groups is 2. The zero-order valence-corrected chi connectivity index (χ0v) is 15.3. The van der Waals surface area contributed by atoms with E-state index >= 15 is 0 Å². The first kappa shape index (κ1) is 19.4. The van der Waals surface area contributed by atoms with E-state index in [4.69, 9.17) is 22.3 Å². The molecule has 0 radical (unpaired) electrons. The normalized spacial score (nSPS) is 12.4. The van der Waals surface area contributed by atoms with Crippen molar-refractivity contribution >= 4 is 45.0 Å². The first-order valence-electron chi connectivity index (χ1n) is 7.47. The first-order chi connectivity index (χ1) is 12.4. The molecule has 0 saturated heterocycles. The number of hydrogen-bond acceptors (Lipinski definition) is 8. The molecule has 2 rings (SSSR count). The minimum absolute atomic E-state index is 0.00238. The van der Waals surface area contributed by atoms with Crippen LogP contribution < -0.4 is 11.5 Å². The van der Waals surface area contributed by atoms with Crippen molar-refractivity contribution in [2.45, 2.75) is 9.79 Å². The van der Waals surface area contributed by atoms with Crippen LogP contribution in [-0.4, -0.2) is 10.1 Å². The van der Waals surface area contributed by atoms with Gasteiger partial charge in [0.25, 0.3) is 0 Å². The van der Waals surface area contributed by atoms with Crippen molar-refractivity contribution in [3.8, 4) is 12.1 Å². The van der Waals surface area contributed by atoms with Crippen molar-refractivity contribution in [2.24, 2.45) is 11.8 Å². The summed E-state index contributed by atoms with van der Waals surface area (Å²) in [6, 6.07) is 17.9. The van der Waals surface area contributed by atoms with Crippen LogP contribution in [0.15, 0.2) is 58.3 Å². The van der Waals surface area contributed by atoms with Gasteiger partial charge in [-0.25, -0.2) is 0 Å². The molecule has 0 saturated carbocycles. The van der Waals surface area contributed by atoms with Crippen LogP contribution in [-0.2, 0) is 0 Å². The van der Waals surface area contributed by atoms with E-state index in [1.165, 1.54) is 0 Å². The molecule has 6 nitrogen and oxygen atoms in total. The number of hydrogen-bond donors (Lipinski definition) is 4. The maximum Gasteiger partial charge on any atom is 0.116 e. The number of nitrogens with one attached hydrogen (secondary N) is 2. The fraction of sp³-hybridized carbons (Fsp3) is 0.111. The smallest absolute Gasteiger partial charge is 0.116 e. The van der Waals surface area contributed by atoms with Gasteiger partial charge in [0, 0.05) is 21.2 Å². The fourth-order valence-electron chi connectivity index (χ4n) is 2.11. The Morgan fingerprint density at radius 1 is 0.808 bits per heavy atom. The second-order valence-corrected chi connectivity index (χ2v) is 7.52. The van der Waals surface area contributed by atoms with E-state index in [2.05, 4.69) is 0 Å². The number of nitrogens with two attached hydrogens (primary N) is 2. The van der Waals surface area contributed by atoms with Gasteiger partial charge in [-0.1, -0.05) is 35.7 Å². The molecule has 0 heterocycles. The Morgan fingerprint density at radius 3 is 1.50 bits per heavy atom. The van der Waals surface area contributed by atoms with Gasteiger partial charge in [0.15, 0.2) is 0 Å². The Bertz CT molecular complexity index is 837. The molecule has 6 N–H and O–H groups in total. The zero-order valence-electron chi connectivity index (χ0n) is 13.6. The minimum Gasteiger partial charge on any atom is -0.399 e. The third-order valence-corrected chi connectivity index (χ3v) is 5.28. The van der Waals surface area contributed by atoms with Crippen molar-refractivity contribution in [3.63, 3.8) is 0 Å². The number of rotatable bonds is 5. The summed E-state index contributed by atoms with van der Waals surface area (Å²) in [4.78, 5) is 1.42. The van der Waals surface area contributed by atoms with Gasteiger partial charge in [-0.15, -0.1) is 0 Å². The monoisotopic (exact) mass is 380 g/mol.